The van der Waals surface area contributed by atoms with E-state index in [4.69, 9.17) is 17.3 Å². The van der Waals surface area contributed by atoms with E-state index in [9.17, 15) is 47.2 Å². The quantitative estimate of drug-likeness (QED) is 0.238. The molecule has 0 spiro atoms. The fraction of sp³-hybridized carbons (Fsp3) is 0.412. The number of nitrogens with zero attached hydrogens (tertiary/aromatic N) is 4. The van der Waals surface area contributed by atoms with Crippen molar-refractivity contribution < 1.29 is 51.6 Å². The molecule has 1 aromatic carbocycles. The van der Waals surface area contributed by atoms with Gasteiger partial charge in [0.1, 0.15) is 34.8 Å². The first-order valence-corrected chi connectivity index (χ1v) is 21.9. The van der Waals surface area contributed by atoms with E-state index in [2.05, 4.69) is 28.5 Å². The predicted molar refractivity (Wildman–Crippen MR) is 197 cm³/mol. The number of anilines is 1. The Morgan fingerprint density at radius 1 is 1.05 bits per heavy atom. The number of aromatic nitrogens is 3. The van der Waals surface area contributed by atoms with Crippen molar-refractivity contribution in [3.05, 3.63) is 86.7 Å². The second-order valence-electron chi connectivity index (χ2n) is 13.5. The Hall–Kier alpha value is -3.90. The van der Waals surface area contributed by atoms with Crippen LogP contribution in [0.4, 0.5) is 32.2 Å². The largest absolute Gasteiger partial charge is 0.408 e. The van der Waals surface area contributed by atoms with Crippen LogP contribution in [-0.4, -0.2) is 75.9 Å². The summed E-state index contributed by atoms with van der Waals surface area (Å²) in [5, 5.41) is 2.19. The number of benzene rings is 1. The smallest absolute Gasteiger partial charge is 0.322 e. The molecule has 300 valence electrons. The van der Waals surface area contributed by atoms with Gasteiger partial charge < -0.3 is 5.73 Å². The van der Waals surface area contributed by atoms with Crippen LogP contribution < -0.4 is 20.0 Å². The van der Waals surface area contributed by atoms with Crippen LogP contribution in [0.5, 0.6) is 0 Å². The number of fused-ring (bicyclic) bond motifs is 1. The summed E-state index contributed by atoms with van der Waals surface area (Å²) in [6, 6.07) is 1.17. The number of pyridine rings is 1. The Kier molecular flexibility index (Phi) is 12.1. The molecule has 2 aromatic heterocycles. The molecular weight excluding hydrogens is 820 g/mol. The minimum absolute atomic E-state index is 0.0135. The van der Waals surface area contributed by atoms with Gasteiger partial charge in [-0.05, 0) is 61.9 Å². The van der Waals surface area contributed by atoms with E-state index in [0.717, 1.165) is 31.4 Å². The highest BCUT2D eigenvalue weighted by Gasteiger charge is 2.37. The maximum absolute atomic E-state index is 15.5. The van der Waals surface area contributed by atoms with Crippen LogP contribution in [0.25, 0.3) is 10.6 Å². The summed E-state index contributed by atoms with van der Waals surface area (Å²) in [6.45, 7) is 5.61. The van der Waals surface area contributed by atoms with Crippen LogP contribution in [0.1, 0.15) is 60.5 Å². The molecule has 0 amide bonds. The first-order chi connectivity index (χ1) is 25.0. The van der Waals surface area contributed by atoms with Gasteiger partial charge >= 0.3 is 6.18 Å². The molecule has 1 aliphatic carbocycles. The number of hydrogen-bond donors (Lipinski definition) is 1. The van der Waals surface area contributed by atoms with Crippen LogP contribution in [0.3, 0.4) is 0 Å². The fourth-order valence-corrected chi connectivity index (χ4v) is 9.30. The minimum atomic E-state index is -5.06. The lowest BCUT2D eigenvalue weighted by Crippen LogP contribution is -2.41. The van der Waals surface area contributed by atoms with E-state index in [1.165, 1.54) is 13.8 Å². The third-order valence-electron chi connectivity index (χ3n) is 8.54. The maximum atomic E-state index is 15.5. The van der Waals surface area contributed by atoms with E-state index < -0.39 is 99.0 Å². The summed E-state index contributed by atoms with van der Waals surface area (Å²) in [5.41, 5.74) is 6.03. The van der Waals surface area contributed by atoms with E-state index in [-0.39, 0.29) is 60.4 Å². The first-order valence-electron chi connectivity index (χ1n) is 16.0. The van der Waals surface area contributed by atoms with Crippen molar-refractivity contribution in [1.82, 2.24) is 14.8 Å². The number of nitrogens with two attached hydrogens (primary N) is 1. The Bertz CT molecular complexity index is 2560. The molecular formula is C34H36ClF6N5O6S3. The molecule has 1 aliphatic rings. The average Bonchev–Trinajstić information content (AvgIpc) is 3.53. The Labute approximate surface area is 319 Å². The summed E-state index contributed by atoms with van der Waals surface area (Å²) in [6.07, 6.45) is -4.88. The van der Waals surface area contributed by atoms with Crippen molar-refractivity contribution in [2.24, 2.45) is 5.73 Å². The number of sulfone groups is 1. The highest BCUT2D eigenvalue weighted by Crippen LogP contribution is 2.37. The lowest BCUT2D eigenvalue weighted by atomic mass is 9.89. The van der Waals surface area contributed by atoms with Crippen molar-refractivity contribution in [2.75, 3.05) is 22.5 Å². The van der Waals surface area contributed by atoms with Gasteiger partial charge in [-0.15, -0.1) is 3.71 Å². The molecule has 0 unspecified atom stereocenters. The van der Waals surface area contributed by atoms with Gasteiger partial charge in [-0.1, -0.05) is 30.2 Å². The molecule has 2 N–H and O–H groups in total. The summed E-state index contributed by atoms with van der Waals surface area (Å²) < 4.78 is 162. The SMILES string of the molecule is C=C/C(c1c([C@@H](N)Cc2cc(F)cc(F)c2)nc(C#CC(C)(C)S(C)(=O)=O)c2c1C[C@H](F)C2)=c1\c(=C(/C)Cl)c(N(S(C)(=O)=O)S(C)(=O)=O)nn1CC(F)(F)F. The van der Waals surface area contributed by atoms with Gasteiger partial charge in [-0.3, -0.25) is 4.68 Å². The van der Waals surface area contributed by atoms with Gasteiger partial charge in [-0.2, -0.15) is 18.3 Å². The zero-order chi connectivity index (χ0) is 41.8. The Morgan fingerprint density at radius 3 is 2.07 bits per heavy atom. The normalized spacial score (nSPS) is 16.9. The van der Waals surface area contributed by atoms with Crippen molar-refractivity contribution >= 4 is 57.9 Å². The lowest BCUT2D eigenvalue weighted by molar-refractivity contribution is -0.143. The van der Waals surface area contributed by atoms with E-state index in [1.807, 2.05) is 0 Å². The van der Waals surface area contributed by atoms with Crippen LogP contribution in [0, 0.1) is 23.5 Å². The van der Waals surface area contributed by atoms with Crippen LogP contribution in [0.2, 0.25) is 0 Å². The molecule has 3 aromatic rings. The number of halogens is 7. The van der Waals surface area contributed by atoms with Gasteiger partial charge in [-0.25, -0.2) is 43.4 Å². The van der Waals surface area contributed by atoms with Crippen molar-refractivity contribution in [3.63, 3.8) is 0 Å². The third kappa shape index (κ3) is 9.56. The topological polar surface area (TPSA) is 162 Å². The number of allylic oxidation sites excluding steroid dienone is 1. The fourth-order valence-electron chi connectivity index (χ4n) is 6.04. The molecule has 4 rings (SSSR count). The van der Waals surface area contributed by atoms with Crippen molar-refractivity contribution in [3.8, 4) is 11.8 Å². The standard InChI is InChI=1S/C34H36ClF6N5O6S3/c1-8-23(31-28(18(2)35)32(44-45(31)17-34(39,40)41)46(54(6,49)50)55(7,51)52)29-25-16-22(38)15-24(25)27(9-10-33(3,4)53(5,47)48)43-30(29)26(42)13-19-11-20(36)14-21(37)12-19/h8,11-12,14,22,26H,1,13,15-17,42H2,2-7H3/b28-18-,31-23-/t22-,26+/m1/s1. The molecule has 55 heavy (non-hydrogen) atoms. The Morgan fingerprint density at radius 2 is 1.60 bits per heavy atom. The van der Waals surface area contributed by atoms with Gasteiger partial charge in [0.05, 0.1) is 34.8 Å². The van der Waals surface area contributed by atoms with Gasteiger partial charge in [0.15, 0.2) is 15.7 Å². The van der Waals surface area contributed by atoms with Crippen LogP contribution in [-0.2, 0) is 55.7 Å². The Balaban J connectivity index is 2.33. The van der Waals surface area contributed by atoms with E-state index >= 15 is 4.39 Å². The molecule has 2 heterocycles. The lowest BCUT2D eigenvalue weighted by Gasteiger charge is -2.22. The number of hydrogen-bond acceptors (Lipinski definition) is 9. The minimum Gasteiger partial charge on any atom is -0.322 e. The summed E-state index contributed by atoms with van der Waals surface area (Å²) in [4.78, 5) is 4.59. The summed E-state index contributed by atoms with van der Waals surface area (Å²) in [5.74, 6) is 2.37. The molecule has 0 saturated heterocycles. The molecule has 2 atom stereocenters. The van der Waals surface area contributed by atoms with Gasteiger partial charge in [0.2, 0.25) is 20.0 Å². The number of rotatable bonds is 10. The highest BCUT2D eigenvalue weighted by atomic mass is 35.5. The summed E-state index contributed by atoms with van der Waals surface area (Å²) >= 11 is 6.44. The maximum Gasteiger partial charge on any atom is 0.408 e. The van der Waals surface area contributed by atoms with Crippen LogP contribution >= 0.6 is 11.6 Å². The monoisotopic (exact) mass is 855 g/mol. The molecule has 0 bridgehead atoms. The molecule has 0 fully saturated rings. The zero-order valence-corrected chi connectivity index (χ0v) is 33.4. The third-order valence-corrected chi connectivity index (χ3v) is 13.9. The molecule has 21 heteroatoms. The van der Waals surface area contributed by atoms with Crippen molar-refractivity contribution in [1.29, 1.82) is 0 Å². The zero-order valence-electron chi connectivity index (χ0n) is 30.2. The second kappa shape index (κ2) is 15.2. The molecule has 0 aliphatic heterocycles. The van der Waals surface area contributed by atoms with Gasteiger partial charge in [0, 0.05) is 41.3 Å². The first kappa shape index (κ1) is 43.8. The molecule has 11 nitrogen and oxygen atoms in total. The molecule has 0 saturated carbocycles. The second-order valence-corrected chi connectivity index (χ2v) is 20.5. The summed E-state index contributed by atoms with van der Waals surface area (Å²) in [7, 11) is -13.4. The van der Waals surface area contributed by atoms with E-state index in [1.54, 1.807) is 0 Å². The van der Waals surface area contributed by atoms with Gasteiger partial charge in [0.25, 0.3) is 0 Å². The van der Waals surface area contributed by atoms with Crippen LogP contribution in [0.15, 0.2) is 30.9 Å². The van der Waals surface area contributed by atoms with E-state index in [0.29, 0.717) is 18.6 Å². The number of alkyl halides is 4. The highest BCUT2D eigenvalue weighted by molar-refractivity contribution is 8.09. The van der Waals surface area contributed by atoms with Crippen molar-refractivity contribution in [2.45, 2.75) is 69.7 Å². The predicted octanol–water partition coefficient (Wildman–Crippen LogP) is 3.45. The average molecular weight is 856 g/mol. The number of sulfonamides is 2. The molecule has 0 radical (unpaired) electrons.